The van der Waals surface area contributed by atoms with Crippen molar-refractivity contribution in [2.45, 2.75) is 38.0 Å². The van der Waals surface area contributed by atoms with Gasteiger partial charge < -0.3 is 5.32 Å². The van der Waals surface area contributed by atoms with Crippen molar-refractivity contribution in [3.63, 3.8) is 0 Å². The highest BCUT2D eigenvalue weighted by Crippen LogP contribution is 2.47. The highest BCUT2D eigenvalue weighted by Gasteiger charge is 2.34. The Bertz CT molecular complexity index is 1330. The Hall–Kier alpha value is -2.58. The molecular weight excluding hydrogens is 460 g/mol. The zero-order chi connectivity index (χ0) is 23.3. The first-order chi connectivity index (χ1) is 15.8. The van der Waals surface area contributed by atoms with Crippen LogP contribution in [0.2, 0.25) is 5.02 Å². The average molecular weight is 487 g/mol. The number of fused-ring (bicyclic) bond motifs is 1. The molecule has 9 heteroatoms. The molecule has 2 fully saturated rings. The summed E-state index contributed by atoms with van der Waals surface area (Å²) < 4.78 is 28.9. The predicted molar refractivity (Wildman–Crippen MR) is 131 cm³/mol. The molecule has 5 rings (SSSR count). The van der Waals surface area contributed by atoms with Crippen LogP contribution in [0.25, 0.3) is 16.6 Å². The van der Waals surface area contributed by atoms with Gasteiger partial charge in [-0.15, -0.1) is 0 Å². The third kappa shape index (κ3) is 4.22. The number of carbonyl (C=O) groups is 1. The first kappa shape index (κ1) is 22.2. The largest absolute Gasteiger partial charge is 0.354 e. The third-order valence-corrected chi connectivity index (χ3v) is 8.07. The molecule has 1 aromatic heterocycles. The maximum Gasteiger partial charge on any atom is 0.270 e. The molecule has 0 saturated heterocycles. The fourth-order valence-electron chi connectivity index (χ4n) is 4.50. The first-order valence-electron chi connectivity index (χ1n) is 11.3. The van der Waals surface area contributed by atoms with Gasteiger partial charge in [-0.25, -0.2) is 13.1 Å². The number of amides is 1. The number of aromatic nitrogens is 2. The number of rotatable bonds is 7. The maximum absolute atomic E-state index is 12.9. The van der Waals surface area contributed by atoms with Crippen LogP contribution in [-0.2, 0) is 10.0 Å². The van der Waals surface area contributed by atoms with E-state index in [1.54, 1.807) is 28.2 Å². The number of nitrogens with one attached hydrogen (secondary N) is 1. The average Bonchev–Trinajstić information content (AvgIpc) is 3.52. The highest BCUT2D eigenvalue weighted by molar-refractivity contribution is 7.92. The molecule has 3 aromatic rings. The van der Waals surface area contributed by atoms with Crippen molar-refractivity contribution >= 4 is 44.1 Å². The van der Waals surface area contributed by atoms with E-state index in [0.717, 1.165) is 37.7 Å². The van der Waals surface area contributed by atoms with Crippen molar-refractivity contribution in [1.82, 2.24) is 15.1 Å². The van der Waals surface area contributed by atoms with Gasteiger partial charge in [0, 0.05) is 24.0 Å². The Balaban J connectivity index is 1.72. The standard InChI is InChI=1S/C24H27ClN4O3S/c1-26-24(30)23-20-12-19(16-6-7-16)22(28(33(2,31)32)14-15-4-3-5-15)13-21(20)27-29(23)18-10-8-17(25)9-11-18/h8-13,15-16H,3-7,14H2,1-2H3,(H,26,30). The second-order valence-electron chi connectivity index (χ2n) is 9.11. The van der Waals surface area contributed by atoms with Crippen LogP contribution in [0.3, 0.4) is 0 Å². The van der Waals surface area contributed by atoms with Crippen molar-refractivity contribution in [1.29, 1.82) is 0 Å². The van der Waals surface area contributed by atoms with Gasteiger partial charge >= 0.3 is 0 Å². The molecule has 0 unspecified atom stereocenters. The summed E-state index contributed by atoms with van der Waals surface area (Å²) in [6.45, 7) is 0.490. The van der Waals surface area contributed by atoms with Crippen molar-refractivity contribution in [3.05, 3.63) is 52.7 Å². The van der Waals surface area contributed by atoms with Crippen LogP contribution in [0, 0.1) is 5.92 Å². The van der Waals surface area contributed by atoms with Crippen molar-refractivity contribution < 1.29 is 13.2 Å². The van der Waals surface area contributed by atoms with Crippen molar-refractivity contribution in [2.24, 2.45) is 5.92 Å². The molecule has 33 heavy (non-hydrogen) atoms. The molecule has 1 amide bonds. The second-order valence-corrected chi connectivity index (χ2v) is 11.5. The Morgan fingerprint density at radius 2 is 1.88 bits per heavy atom. The monoisotopic (exact) mass is 486 g/mol. The summed E-state index contributed by atoms with van der Waals surface area (Å²) in [6.07, 6.45) is 6.56. The van der Waals surface area contributed by atoms with Gasteiger partial charge in [0.05, 0.1) is 23.1 Å². The smallest absolute Gasteiger partial charge is 0.270 e. The Morgan fingerprint density at radius 3 is 2.42 bits per heavy atom. The molecule has 0 atom stereocenters. The van der Waals surface area contributed by atoms with E-state index in [2.05, 4.69) is 5.32 Å². The van der Waals surface area contributed by atoms with E-state index in [0.29, 0.717) is 51.4 Å². The molecular formula is C24H27ClN4O3S. The molecule has 0 spiro atoms. The quantitative estimate of drug-likeness (QED) is 0.533. The number of benzene rings is 2. The highest BCUT2D eigenvalue weighted by atomic mass is 35.5. The minimum atomic E-state index is -3.46. The predicted octanol–water partition coefficient (Wildman–Crippen LogP) is 4.48. The molecule has 0 radical (unpaired) electrons. The van der Waals surface area contributed by atoms with Gasteiger partial charge in [0.15, 0.2) is 0 Å². The normalized spacial score (nSPS) is 16.6. The number of anilines is 1. The number of halogens is 1. The van der Waals surface area contributed by atoms with Crippen LogP contribution in [0.15, 0.2) is 36.4 Å². The lowest BCUT2D eigenvalue weighted by Gasteiger charge is -2.33. The minimum Gasteiger partial charge on any atom is -0.354 e. The summed E-state index contributed by atoms with van der Waals surface area (Å²) in [4.78, 5) is 12.9. The molecule has 2 aliphatic carbocycles. The van der Waals surface area contributed by atoms with Crippen LogP contribution >= 0.6 is 11.6 Å². The number of hydrogen-bond donors (Lipinski definition) is 1. The molecule has 0 aliphatic heterocycles. The Kier molecular flexibility index (Phi) is 5.61. The Labute approximate surface area is 198 Å². The van der Waals surface area contributed by atoms with E-state index in [9.17, 15) is 13.2 Å². The summed E-state index contributed by atoms with van der Waals surface area (Å²) >= 11 is 6.06. The fourth-order valence-corrected chi connectivity index (χ4v) is 5.63. The van der Waals surface area contributed by atoms with E-state index >= 15 is 0 Å². The van der Waals surface area contributed by atoms with E-state index in [-0.39, 0.29) is 5.91 Å². The SMILES string of the molecule is CNC(=O)c1c2cc(C3CC3)c(N(CC3CCC3)S(C)(=O)=O)cc2nn1-c1ccc(Cl)cc1. The summed E-state index contributed by atoms with van der Waals surface area (Å²) in [5, 5.41) is 8.76. The van der Waals surface area contributed by atoms with Gasteiger partial charge in [-0.2, -0.15) is 5.10 Å². The van der Waals surface area contributed by atoms with Crippen LogP contribution in [-0.4, -0.2) is 44.0 Å². The Morgan fingerprint density at radius 1 is 1.18 bits per heavy atom. The summed E-state index contributed by atoms with van der Waals surface area (Å²) in [5.74, 6) is 0.429. The van der Waals surface area contributed by atoms with Crippen LogP contribution in [0.4, 0.5) is 5.69 Å². The van der Waals surface area contributed by atoms with Gasteiger partial charge in [-0.3, -0.25) is 9.10 Å². The molecule has 0 bridgehead atoms. The molecule has 1 N–H and O–H groups in total. The van der Waals surface area contributed by atoms with Crippen molar-refractivity contribution in [2.75, 3.05) is 24.2 Å². The summed E-state index contributed by atoms with van der Waals surface area (Å²) in [5.41, 5.74) is 3.40. The fraction of sp³-hybridized carbons (Fsp3) is 0.417. The number of sulfonamides is 1. The van der Waals surface area contributed by atoms with Gasteiger partial charge in [-0.1, -0.05) is 18.0 Å². The lowest BCUT2D eigenvalue weighted by Crippen LogP contribution is -2.37. The maximum atomic E-state index is 12.9. The van der Waals surface area contributed by atoms with Gasteiger partial charge in [0.25, 0.3) is 5.91 Å². The van der Waals surface area contributed by atoms with Gasteiger partial charge in [-0.05, 0) is 79.5 Å². The second kappa shape index (κ2) is 8.33. The van der Waals surface area contributed by atoms with Crippen LogP contribution in [0.5, 0.6) is 0 Å². The molecule has 7 nitrogen and oxygen atoms in total. The zero-order valence-electron chi connectivity index (χ0n) is 18.7. The number of carbonyl (C=O) groups excluding carboxylic acids is 1. The molecule has 1 heterocycles. The lowest BCUT2D eigenvalue weighted by atomic mass is 9.85. The van der Waals surface area contributed by atoms with Crippen molar-refractivity contribution in [3.8, 4) is 5.69 Å². The summed E-state index contributed by atoms with van der Waals surface area (Å²) in [7, 11) is -1.87. The first-order valence-corrected chi connectivity index (χ1v) is 13.5. The zero-order valence-corrected chi connectivity index (χ0v) is 20.3. The third-order valence-electron chi connectivity index (χ3n) is 6.67. The summed E-state index contributed by atoms with van der Waals surface area (Å²) in [6, 6.07) is 10.9. The topological polar surface area (TPSA) is 84.3 Å². The van der Waals surface area contributed by atoms with E-state index in [4.69, 9.17) is 16.7 Å². The van der Waals surface area contributed by atoms with Crippen LogP contribution in [0.1, 0.15) is 54.1 Å². The molecule has 174 valence electrons. The van der Waals surface area contributed by atoms with Crippen LogP contribution < -0.4 is 9.62 Å². The van der Waals surface area contributed by atoms with E-state index in [1.807, 2.05) is 24.3 Å². The van der Waals surface area contributed by atoms with Gasteiger partial charge in [0.2, 0.25) is 10.0 Å². The molecule has 2 aliphatic rings. The number of nitrogens with zero attached hydrogens (tertiary/aromatic N) is 3. The van der Waals surface area contributed by atoms with E-state index in [1.165, 1.54) is 6.26 Å². The molecule has 2 saturated carbocycles. The van der Waals surface area contributed by atoms with E-state index < -0.39 is 10.0 Å². The van der Waals surface area contributed by atoms with Gasteiger partial charge in [0.1, 0.15) is 5.69 Å². The number of hydrogen-bond acceptors (Lipinski definition) is 4. The molecule has 2 aromatic carbocycles. The lowest BCUT2D eigenvalue weighted by molar-refractivity contribution is 0.0957. The minimum absolute atomic E-state index is 0.253.